The Bertz CT molecular complexity index is 391. The minimum Gasteiger partial charge on any atom is -0.480 e. The summed E-state index contributed by atoms with van der Waals surface area (Å²) in [5.41, 5.74) is -0.454. The van der Waals surface area contributed by atoms with Crippen LogP contribution in [0.1, 0.15) is 25.3 Å². The highest BCUT2D eigenvalue weighted by Crippen LogP contribution is 2.35. The largest absolute Gasteiger partial charge is 0.480 e. The number of carboxylic acids is 1. The van der Waals surface area contributed by atoms with Crippen molar-refractivity contribution in [3.63, 3.8) is 0 Å². The highest BCUT2D eigenvalue weighted by molar-refractivity contribution is 5.72. The van der Waals surface area contributed by atoms with Crippen molar-refractivity contribution in [3.8, 4) is 0 Å². The van der Waals surface area contributed by atoms with Gasteiger partial charge in [-0.25, -0.2) is 14.7 Å². The predicted molar refractivity (Wildman–Crippen MR) is 46.9 cm³/mol. The van der Waals surface area contributed by atoms with Crippen molar-refractivity contribution in [2.24, 2.45) is 5.92 Å². The van der Waals surface area contributed by atoms with Crippen LogP contribution in [0.15, 0.2) is 11.1 Å². The lowest BCUT2D eigenvalue weighted by Gasteiger charge is -2.30. The van der Waals surface area contributed by atoms with E-state index in [9.17, 15) is 9.59 Å². The Balaban J connectivity index is 2.31. The van der Waals surface area contributed by atoms with Gasteiger partial charge in [-0.05, 0) is 18.8 Å². The zero-order valence-electron chi connectivity index (χ0n) is 7.51. The lowest BCUT2D eigenvalue weighted by Crippen LogP contribution is -2.36. The number of aromatic amines is 1. The molecular weight excluding hydrogens is 186 g/mol. The van der Waals surface area contributed by atoms with Gasteiger partial charge in [0, 0.05) is 0 Å². The van der Waals surface area contributed by atoms with Crippen LogP contribution in [0.5, 0.6) is 0 Å². The van der Waals surface area contributed by atoms with Crippen molar-refractivity contribution in [1.29, 1.82) is 0 Å². The van der Waals surface area contributed by atoms with Gasteiger partial charge in [-0.1, -0.05) is 6.42 Å². The van der Waals surface area contributed by atoms with Crippen LogP contribution in [0.25, 0.3) is 0 Å². The van der Waals surface area contributed by atoms with Crippen LogP contribution in [0.3, 0.4) is 0 Å². The number of aromatic nitrogens is 3. The number of nitrogens with zero attached hydrogens (tertiary/aromatic N) is 2. The molecule has 0 amide bonds. The molecule has 0 aliphatic heterocycles. The van der Waals surface area contributed by atoms with Gasteiger partial charge in [-0.15, -0.1) is 0 Å². The van der Waals surface area contributed by atoms with Crippen molar-refractivity contribution in [1.82, 2.24) is 14.8 Å². The highest BCUT2D eigenvalue weighted by Gasteiger charge is 2.34. The minimum atomic E-state index is -0.960. The highest BCUT2D eigenvalue weighted by atomic mass is 16.4. The summed E-state index contributed by atoms with van der Waals surface area (Å²) >= 11 is 0. The topological polar surface area (TPSA) is 88.0 Å². The molecule has 1 unspecified atom stereocenters. The number of hydrogen-bond donors (Lipinski definition) is 2. The fourth-order valence-corrected chi connectivity index (χ4v) is 1.76. The van der Waals surface area contributed by atoms with Crippen LogP contribution in [-0.2, 0) is 4.79 Å². The average Bonchev–Trinajstić information content (AvgIpc) is 2.42. The third-order valence-electron chi connectivity index (χ3n) is 2.73. The van der Waals surface area contributed by atoms with E-state index in [1.165, 1.54) is 6.33 Å². The molecule has 6 heteroatoms. The summed E-state index contributed by atoms with van der Waals surface area (Å²) in [4.78, 5) is 22.2. The van der Waals surface area contributed by atoms with E-state index < -0.39 is 17.7 Å². The molecule has 0 bridgehead atoms. The zero-order chi connectivity index (χ0) is 10.1. The van der Waals surface area contributed by atoms with Gasteiger partial charge in [0.2, 0.25) is 0 Å². The van der Waals surface area contributed by atoms with Crippen molar-refractivity contribution in [2.45, 2.75) is 25.3 Å². The molecule has 14 heavy (non-hydrogen) atoms. The number of nitrogens with one attached hydrogen (secondary N) is 1. The fraction of sp³-hybridized carbons (Fsp3) is 0.625. The second-order valence-corrected chi connectivity index (χ2v) is 3.54. The monoisotopic (exact) mass is 197 g/mol. The normalized spacial score (nSPS) is 18.9. The van der Waals surface area contributed by atoms with Gasteiger partial charge >= 0.3 is 11.7 Å². The molecule has 0 saturated heterocycles. The molecule has 0 radical (unpaired) electrons. The molecule has 1 fully saturated rings. The first-order valence-corrected chi connectivity index (χ1v) is 4.54. The summed E-state index contributed by atoms with van der Waals surface area (Å²) in [6.45, 7) is 0. The number of hydrogen-bond acceptors (Lipinski definition) is 3. The smallest absolute Gasteiger partial charge is 0.343 e. The lowest BCUT2D eigenvalue weighted by molar-refractivity contribution is -0.144. The number of carboxylic acid groups (broad SMARTS) is 1. The van der Waals surface area contributed by atoms with Crippen molar-refractivity contribution in [2.75, 3.05) is 0 Å². The number of H-pyrrole nitrogens is 1. The molecule has 1 aliphatic rings. The number of aliphatic carboxylic acids is 1. The molecule has 1 heterocycles. The molecule has 1 atom stereocenters. The van der Waals surface area contributed by atoms with Gasteiger partial charge in [-0.2, -0.15) is 5.10 Å². The maximum Gasteiger partial charge on any atom is 0.343 e. The molecule has 1 aromatic rings. The lowest BCUT2D eigenvalue weighted by atomic mass is 9.79. The SMILES string of the molecule is O=C(O)C(C1CCC1)n1cn[nH]c1=O. The molecule has 1 aromatic heterocycles. The number of carbonyl (C=O) groups is 1. The minimum absolute atomic E-state index is 0.0720. The Hall–Kier alpha value is -1.59. The Morgan fingerprint density at radius 1 is 1.71 bits per heavy atom. The van der Waals surface area contributed by atoms with Gasteiger partial charge in [-0.3, -0.25) is 4.57 Å². The van der Waals surface area contributed by atoms with E-state index in [1.807, 2.05) is 0 Å². The Labute approximate surface area is 79.6 Å². The van der Waals surface area contributed by atoms with E-state index >= 15 is 0 Å². The average molecular weight is 197 g/mol. The van der Waals surface area contributed by atoms with Crippen LogP contribution in [0.4, 0.5) is 0 Å². The van der Waals surface area contributed by atoms with E-state index in [0.717, 1.165) is 23.8 Å². The molecule has 2 rings (SSSR count). The molecule has 2 N–H and O–H groups in total. The molecule has 76 valence electrons. The second-order valence-electron chi connectivity index (χ2n) is 3.54. The van der Waals surface area contributed by atoms with Crippen LogP contribution >= 0.6 is 0 Å². The summed E-state index contributed by atoms with van der Waals surface area (Å²) in [7, 11) is 0. The Kier molecular flexibility index (Phi) is 2.11. The van der Waals surface area contributed by atoms with Gasteiger partial charge in [0.05, 0.1) is 0 Å². The first kappa shape index (κ1) is 8.98. The number of rotatable bonds is 3. The zero-order valence-corrected chi connectivity index (χ0v) is 7.51. The van der Waals surface area contributed by atoms with Crippen molar-refractivity contribution < 1.29 is 9.90 Å². The van der Waals surface area contributed by atoms with Crippen LogP contribution in [0.2, 0.25) is 0 Å². The third-order valence-corrected chi connectivity index (χ3v) is 2.73. The summed E-state index contributed by atoms with van der Waals surface area (Å²) in [5.74, 6) is -0.888. The summed E-state index contributed by atoms with van der Waals surface area (Å²) < 4.78 is 1.16. The van der Waals surface area contributed by atoms with E-state index in [-0.39, 0.29) is 5.92 Å². The standard InChI is InChI=1S/C8H11N3O3/c12-7(13)6(5-2-1-3-5)11-4-9-10-8(11)14/h4-6H,1-3H2,(H,10,14)(H,12,13). The van der Waals surface area contributed by atoms with Gasteiger partial charge in [0.15, 0.2) is 0 Å². The first-order valence-electron chi connectivity index (χ1n) is 4.54. The first-order chi connectivity index (χ1) is 6.70. The van der Waals surface area contributed by atoms with Crippen LogP contribution in [-0.4, -0.2) is 25.8 Å². The second kappa shape index (κ2) is 3.28. The van der Waals surface area contributed by atoms with E-state index in [2.05, 4.69) is 10.2 Å². The maximum atomic E-state index is 11.2. The van der Waals surface area contributed by atoms with Crippen LogP contribution in [0, 0.1) is 5.92 Å². The van der Waals surface area contributed by atoms with Crippen molar-refractivity contribution in [3.05, 3.63) is 16.8 Å². The Morgan fingerprint density at radius 2 is 2.43 bits per heavy atom. The molecule has 1 aliphatic carbocycles. The maximum absolute atomic E-state index is 11.2. The summed E-state index contributed by atoms with van der Waals surface area (Å²) in [6, 6.07) is -0.755. The quantitative estimate of drug-likeness (QED) is 0.713. The predicted octanol–water partition coefficient (Wildman–Crippen LogP) is -0.00280. The summed E-state index contributed by atoms with van der Waals surface area (Å²) in [6.07, 6.45) is 4.03. The Morgan fingerprint density at radius 3 is 2.79 bits per heavy atom. The van der Waals surface area contributed by atoms with E-state index in [0.29, 0.717) is 0 Å². The van der Waals surface area contributed by atoms with E-state index in [4.69, 9.17) is 5.11 Å². The summed E-state index contributed by atoms with van der Waals surface area (Å²) in [5, 5.41) is 14.7. The fourth-order valence-electron chi connectivity index (χ4n) is 1.76. The molecule has 0 aromatic carbocycles. The molecular formula is C8H11N3O3. The van der Waals surface area contributed by atoms with Crippen LogP contribution < -0.4 is 5.69 Å². The third kappa shape index (κ3) is 1.32. The van der Waals surface area contributed by atoms with Gasteiger partial charge in [0.25, 0.3) is 0 Å². The molecule has 1 saturated carbocycles. The van der Waals surface area contributed by atoms with Gasteiger partial charge < -0.3 is 5.11 Å². The molecule has 0 spiro atoms. The van der Waals surface area contributed by atoms with Crippen molar-refractivity contribution >= 4 is 5.97 Å². The molecule has 6 nitrogen and oxygen atoms in total. The van der Waals surface area contributed by atoms with Gasteiger partial charge in [0.1, 0.15) is 12.4 Å². The van der Waals surface area contributed by atoms with E-state index in [1.54, 1.807) is 0 Å².